The molecule has 0 aliphatic carbocycles. The molecule has 0 rings (SSSR count). The van der Waals surface area contributed by atoms with Crippen molar-refractivity contribution in [1.82, 2.24) is 0 Å². The van der Waals surface area contributed by atoms with E-state index in [1.807, 2.05) is 0 Å². The third kappa shape index (κ3) is 15.9. The third-order valence-electron chi connectivity index (χ3n) is 3.57. The van der Waals surface area contributed by atoms with Crippen LogP contribution in [0.15, 0.2) is 0 Å². The van der Waals surface area contributed by atoms with E-state index in [4.69, 9.17) is 13.9 Å². The van der Waals surface area contributed by atoms with E-state index in [-0.39, 0.29) is 11.2 Å². The standard InChI is InChI=1S/2C6H15O2Si.2C4H11Si.Zr/c2*1-6(2,3)8-9(4,5)7;2*1-5(2,3)4;/h2*1-5H3;2*1H2,2-4H3;/q2*-1;;;+2. The first-order valence-corrected chi connectivity index (χ1v) is 29.6. The van der Waals surface area contributed by atoms with Crippen molar-refractivity contribution < 1.29 is 35.0 Å². The van der Waals surface area contributed by atoms with Gasteiger partial charge >= 0.3 is 194 Å². The van der Waals surface area contributed by atoms with Gasteiger partial charge in [-0.05, 0) is 0 Å². The molecule has 176 valence electrons. The van der Waals surface area contributed by atoms with Gasteiger partial charge in [0.15, 0.2) is 0 Å². The van der Waals surface area contributed by atoms with Crippen LogP contribution < -0.4 is 0 Å². The average Bonchev–Trinajstić information content (AvgIpc) is 2.10. The fraction of sp³-hybridized carbons (Fsp3) is 1.00. The van der Waals surface area contributed by atoms with Crippen molar-refractivity contribution in [1.29, 1.82) is 0 Å². The molecule has 0 atom stereocenters. The van der Waals surface area contributed by atoms with Crippen LogP contribution in [0, 0.1) is 0 Å². The predicted molar refractivity (Wildman–Crippen MR) is 135 cm³/mol. The monoisotopic (exact) mass is 558 g/mol. The Labute approximate surface area is 193 Å². The third-order valence-corrected chi connectivity index (χ3v) is 47.0. The molecule has 0 aliphatic heterocycles. The molecule has 0 aromatic rings. The molecule has 0 aliphatic rings. The SMILES string of the molecule is CC(C)(C)O[Si](C)(C)[O][Zr]([CH2][Si](C)(C)C)([CH2][Si](C)(C)C)[O][Si](C)(C)OC(C)(C)C. The van der Waals surface area contributed by atoms with Crippen LogP contribution in [0.2, 0.25) is 73.0 Å². The van der Waals surface area contributed by atoms with Crippen molar-refractivity contribution in [2.75, 3.05) is 0 Å². The zero-order chi connectivity index (χ0) is 23.7. The summed E-state index contributed by atoms with van der Waals surface area (Å²) in [6.45, 7) is 36.3. The molecular weight excluding hydrogens is 508 g/mol. The van der Waals surface area contributed by atoms with Gasteiger partial charge in [-0.15, -0.1) is 0 Å². The Morgan fingerprint density at radius 3 is 0.931 bits per heavy atom. The van der Waals surface area contributed by atoms with E-state index < -0.39 is 54.4 Å². The van der Waals surface area contributed by atoms with Gasteiger partial charge in [0.1, 0.15) is 0 Å². The zero-order valence-corrected chi connectivity index (χ0v) is 29.0. The molecule has 0 fully saturated rings. The van der Waals surface area contributed by atoms with Gasteiger partial charge in [0.25, 0.3) is 0 Å². The molecule has 0 radical (unpaired) electrons. The molecule has 0 spiro atoms. The van der Waals surface area contributed by atoms with Gasteiger partial charge in [-0.1, -0.05) is 0 Å². The minimum atomic E-state index is -3.52. The van der Waals surface area contributed by atoms with Crippen LogP contribution >= 0.6 is 0 Å². The number of rotatable bonds is 10. The second-order valence-electron chi connectivity index (χ2n) is 13.8. The van der Waals surface area contributed by atoms with Gasteiger partial charge in [-0.2, -0.15) is 0 Å². The second kappa shape index (κ2) is 9.84. The van der Waals surface area contributed by atoms with E-state index >= 15 is 0 Å². The number of hydrogen-bond acceptors (Lipinski definition) is 4. The quantitative estimate of drug-likeness (QED) is 0.258. The van der Waals surface area contributed by atoms with E-state index in [0.717, 1.165) is 0 Å². The van der Waals surface area contributed by atoms with Crippen LogP contribution in [0.25, 0.3) is 0 Å². The van der Waals surface area contributed by atoms with E-state index in [0.29, 0.717) is 0 Å². The van der Waals surface area contributed by atoms with Crippen LogP contribution in [0.5, 0.6) is 0 Å². The van der Waals surface area contributed by atoms with Crippen LogP contribution in [-0.2, 0) is 35.0 Å². The summed E-state index contributed by atoms with van der Waals surface area (Å²) in [5, 5.41) is 0. The summed E-state index contributed by atoms with van der Waals surface area (Å²) in [5.74, 6) is 0. The topological polar surface area (TPSA) is 36.9 Å². The van der Waals surface area contributed by atoms with Crippen LogP contribution in [0.1, 0.15) is 41.5 Å². The molecule has 0 saturated heterocycles. The summed E-state index contributed by atoms with van der Waals surface area (Å²) in [6.07, 6.45) is 0. The summed E-state index contributed by atoms with van der Waals surface area (Å²) in [4.78, 5) is 0. The van der Waals surface area contributed by atoms with Gasteiger partial charge < -0.3 is 0 Å². The van der Waals surface area contributed by atoms with Crippen molar-refractivity contribution in [3.8, 4) is 0 Å². The Hall–Kier alpha value is 1.59. The molecular formula is C20H52O4Si4Zr. The summed E-state index contributed by atoms with van der Waals surface area (Å²) in [7, 11) is -7.53. The molecule has 0 N–H and O–H groups in total. The van der Waals surface area contributed by atoms with Crippen molar-refractivity contribution in [2.45, 2.75) is 126 Å². The van der Waals surface area contributed by atoms with Crippen LogP contribution in [0.3, 0.4) is 0 Å². The summed E-state index contributed by atoms with van der Waals surface area (Å²) in [6, 6.07) is 0. The molecule has 29 heavy (non-hydrogen) atoms. The van der Waals surface area contributed by atoms with E-state index in [2.05, 4.69) is 107 Å². The Kier molecular flexibility index (Phi) is 10.4. The predicted octanol–water partition coefficient (Wildman–Crippen LogP) is 7.63. The van der Waals surface area contributed by atoms with Crippen molar-refractivity contribution in [3.05, 3.63) is 0 Å². The van der Waals surface area contributed by atoms with Gasteiger partial charge in [-0.25, -0.2) is 0 Å². The Morgan fingerprint density at radius 1 is 0.517 bits per heavy atom. The molecule has 0 amide bonds. The fourth-order valence-electron chi connectivity index (χ4n) is 4.26. The van der Waals surface area contributed by atoms with Crippen molar-refractivity contribution in [2.24, 2.45) is 0 Å². The molecule has 0 heterocycles. The van der Waals surface area contributed by atoms with Crippen molar-refractivity contribution >= 4 is 33.3 Å². The van der Waals surface area contributed by atoms with Crippen LogP contribution in [0.4, 0.5) is 0 Å². The molecule has 9 heteroatoms. The van der Waals surface area contributed by atoms with Gasteiger partial charge in [-0.3, -0.25) is 0 Å². The average molecular weight is 560 g/mol. The number of hydrogen-bond donors (Lipinski definition) is 0. The van der Waals surface area contributed by atoms with Crippen LogP contribution in [-0.4, -0.2) is 44.5 Å². The first-order chi connectivity index (χ1) is 12.2. The summed E-state index contributed by atoms with van der Waals surface area (Å²) < 4.78 is 29.8. The molecule has 0 unspecified atom stereocenters. The molecule has 0 saturated carbocycles. The fourth-order valence-corrected chi connectivity index (χ4v) is 61.9. The Balaban J connectivity index is 6.26. The Morgan fingerprint density at radius 2 is 0.759 bits per heavy atom. The van der Waals surface area contributed by atoms with E-state index in [9.17, 15) is 0 Å². The molecule has 0 bridgehead atoms. The summed E-state index contributed by atoms with van der Waals surface area (Å²) >= 11 is -3.52. The van der Waals surface area contributed by atoms with Gasteiger partial charge in [0.05, 0.1) is 0 Å². The van der Waals surface area contributed by atoms with Gasteiger partial charge in [0, 0.05) is 0 Å². The molecule has 0 aromatic heterocycles. The molecule has 0 aromatic carbocycles. The molecule has 4 nitrogen and oxygen atoms in total. The van der Waals surface area contributed by atoms with E-state index in [1.54, 1.807) is 0 Å². The second-order valence-corrected chi connectivity index (χ2v) is 43.9. The normalized spacial score (nSPS) is 15.7. The summed E-state index contributed by atoms with van der Waals surface area (Å²) in [5.41, 5.74) is -0.416. The van der Waals surface area contributed by atoms with Crippen molar-refractivity contribution in [3.63, 3.8) is 0 Å². The maximum absolute atomic E-state index is 7.23. The van der Waals surface area contributed by atoms with Gasteiger partial charge in [0.2, 0.25) is 0 Å². The zero-order valence-electron chi connectivity index (χ0n) is 22.5. The first-order valence-electron chi connectivity index (χ1n) is 11.0. The minimum absolute atomic E-state index is 0.208. The Bertz CT molecular complexity index is 479. The van der Waals surface area contributed by atoms with E-state index in [1.165, 1.54) is 7.50 Å². The first kappa shape index (κ1) is 30.6. The maximum atomic E-state index is 7.23.